The van der Waals surface area contributed by atoms with Crippen LogP contribution in [0.4, 0.5) is 0 Å². The maximum absolute atomic E-state index is 12.1. The van der Waals surface area contributed by atoms with Crippen LogP contribution in [0, 0.1) is 0 Å². The van der Waals surface area contributed by atoms with E-state index in [0.29, 0.717) is 11.3 Å². The number of rotatable bonds is 5. The molecular weight excluding hydrogens is 332 g/mol. The lowest BCUT2D eigenvalue weighted by atomic mass is 10.0. The van der Waals surface area contributed by atoms with Gasteiger partial charge < -0.3 is 10.4 Å². The number of carbonyl (C=O) groups is 3. The highest BCUT2D eigenvalue weighted by molar-refractivity contribution is 8.00. The minimum absolute atomic E-state index is 0.0552. The van der Waals surface area contributed by atoms with Crippen molar-refractivity contribution >= 4 is 39.4 Å². The van der Waals surface area contributed by atoms with E-state index in [9.17, 15) is 27.9 Å². The predicted molar refractivity (Wildman–Crippen MR) is 79.7 cm³/mol. The Kier molecular flexibility index (Phi) is 4.52. The van der Waals surface area contributed by atoms with Crippen LogP contribution < -0.4 is 5.32 Å². The van der Waals surface area contributed by atoms with Gasteiger partial charge in [-0.15, -0.1) is 11.8 Å². The average Bonchev–Trinajstić information content (AvgIpc) is 2.43. The van der Waals surface area contributed by atoms with Gasteiger partial charge >= 0.3 is 5.97 Å². The van der Waals surface area contributed by atoms with Gasteiger partial charge in [0.2, 0.25) is 5.91 Å². The molecule has 2 heterocycles. The molecule has 0 aromatic carbocycles. The van der Waals surface area contributed by atoms with Crippen LogP contribution in [0.5, 0.6) is 0 Å². The molecular formula is C12H16N2O6S2. The number of aliphatic carboxylic acids is 1. The predicted octanol–water partition coefficient (Wildman–Crippen LogP) is -0.820. The number of sulfone groups is 1. The Balaban J connectivity index is 2.08. The third-order valence-electron chi connectivity index (χ3n) is 3.47. The number of hydrogen-bond donors (Lipinski definition) is 2. The molecule has 0 aliphatic carbocycles. The second kappa shape index (κ2) is 5.92. The molecule has 0 radical (unpaired) electrons. The van der Waals surface area contributed by atoms with Crippen molar-refractivity contribution < 1.29 is 27.9 Å². The van der Waals surface area contributed by atoms with Gasteiger partial charge in [0.1, 0.15) is 22.9 Å². The first kappa shape index (κ1) is 16.8. The Hall–Kier alpha value is -1.55. The maximum Gasteiger partial charge on any atom is 0.352 e. The van der Waals surface area contributed by atoms with Crippen LogP contribution in [0.1, 0.15) is 13.8 Å². The smallest absolute Gasteiger partial charge is 0.352 e. The molecule has 2 aliphatic heterocycles. The van der Waals surface area contributed by atoms with Crippen molar-refractivity contribution in [3.8, 4) is 0 Å². The van der Waals surface area contributed by atoms with Crippen LogP contribution in [-0.4, -0.2) is 64.9 Å². The van der Waals surface area contributed by atoms with Crippen molar-refractivity contribution in [3.05, 3.63) is 11.3 Å². The van der Waals surface area contributed by atoms with E-state index < -0.39 is 44.8 Å². The Labute approximate surface area is 131 Å². The third-order valence-corrected chi connectivity index (χ3v) is 6.47. The van der Waals surface area contributed by atoms with Crippen LogP contribution in [0.3, 0.4) is 0 Å². The molecule has 1 fully saturated rings. The number of carboxylic acid groups (broad SMARTS) is 1. The molecule has 2 rings (SSSR count). The fraction of sp³-hybridized carbons (Fsp3) is 0.583. The van der Waals surface area contributed by atoms with E-state index in [4.69, 9.17) is 0 Å². The van der Waals surface area contributed by atoms with Crippen molar-refractivity contribution in [2.24, 2.45) is 0 Å². The molecule has 22 heavy (non-hydrogen) atoms. The molecule has 1 unspecified atom stereocenters. The zero-order valence-corrected chi connectivity index (χ0v) is 13.7. The largest absolute Gasteiger partial charge is 0.477 e. The molecule has 2 atom stereocenters. The minimum atomic E-state index is -3.48. The van der Waals surface area contributed by atoms with Gasteiger partial charge in [-0.3, -0.25) is 14.5 Å². The van der Waals surface area contributed by atoms with Crippen LogP contribution in [0.2, 0.25) is 0 Å². The number of hydrogen-bond acceptors (Lipinski definition) is 6. The first-order valence-corrected chi connectivity index (χ1v) is 9.42. The molecule has 1 saturated heterocycles. The van der Waals surface area contributed by atoms with Gasteiger partial charge in [0.05, 0.1) is 0 Å². The Morgan fingerprint density at radius 1 is 1.45 bits per heavy atom. The SMILES string of the molecule is CCS(=O)(=O)CC(=O)NC1C(=O)N2C(C(=O)O)=C(C)CS[C@@H]12. The monoisotopic (exact) mass is 348 g/mol. The Morgan fingerprint density at radius 2 is 2.09 bits per heavy atom. The maximum atomic E-state index is 12.1. The standard InChI is InChI=1S/C12H16N2O6S2/c1-3-22(19,20)5-7(15)13-8-10(16)14-9(12(17)18)6(2)4-21-11(8)14/h8,11H,3-5H2,1-2H3,(H,13,15)(H,17,18)/t8?,11-/m0/s1. The number of amides is 2. The van der Waals surface area contributed by atoms with E-state index in [1.165, 1.54) is 18.7 Å². The number of carbonyl (C=O) groups excluding carboxylic acids is 2. The fourth-order valence-corrected chi connectivity index (χ4v) is 4.27. The van der Waals surface area contributed by atoms with Crippen molar-refractivity contribution in [1.29, 1.82) is 0 Å². The van der Waals surface area contributed by atoms with Crippen LogP contribution in [0.25, 0.3) is 0 Å². The van der Waals surface area contributed by atoms with Crippen LogP contribution in [0.15, 0.2) is 11.3 Å². The van der Waals surface area contributed by atoms with Crippen molar-refractivity contribution in [1.82, 2.24) is 10.2 Å². The summed E-state index contributed by atoms with van der Waals surface area (Å²) < 4.78 is 22.8. The van der Waals surface area contributed by atoms with E-state index in [0.717, 1.165) is 4.90 Å². The molecule has 2 N–H and O–H groups in total. The van der Waals surface area contributed by atoms with E-state index in [1.54, 1.807) is 6.92 Å². The number of β-lactam (4-membered cyclic amide) rings is 1. The number of nitrogens with one attached hydrogen (secondary N) is 1. The summed E-state index contributed by atoms with van der Waals surface area (Å²) in [7, 11) is -3.48. The van der Waals surface area contributed by atoms with Crippen LogP contribution >= 0.6 is 11.8 Å². The fourth-order valence-electron chi connectivity index (χ4n) is 2.29. The number of thioether (sulfide) groups is 1. The average molecular weight is 348 g/mol. The van der Waals surface area contributed by atoms with E-state index in [1.807, 2.05) is 0 Å². The van der Waals surface area contributed by atoms with Gasteiger partial charge in [0.25, 0.3) is 5.91 Å². The lowest BCUT2D eigenvalue weighted by Crippen LogP contribution is -2.70. The van der Waals surface area contributed by atoms with Gasteiger partial charge in [0.15, 0.2) is 9.84 Å². The molecule has 10 heteroatoms. The molecule has 122 valence electrons. The van der Waals surface area contributed by atoms with Gasteiger partial charge in [-0.2, -0.15) is 0 Å². The van der Waals surface area contributed by atoms with Crippen LogP contribution in [-0.2, 0) is 24.2 Å². The Bertz CT molecular complexity index is 669. The topological polar surface area (TPSA) is 121 Å². The number of nitrogens with zero attached hydrogens (tertiary/aromatic N) is 1. The zero-order chi connectivity index (χ0) is 16.7. The quantitative estimate of drug-likeness (QED) is 0.623. The van der Waals surface area contributed by atoms with Gasteiger partial charge in [0, 0.05) is 11.5 Å². The summed E-state index contributed by atoms with van der Waals surface area (Å²) in [6.07, 6.45) is 0. The molecule has 0 aromatic heterocycles. The van der Waals surface area contributed by atoms with Crippen molar-refractivity contribution in [2.75, 3.05) is 17.3 Å². The normalized spacial score (nSPS) is 24.6. The summed E-state index contributed by atoms with van der Waals surface area (Å²) in [5.74, 6) is -2.86. The summed E-state index contributed by atoms with van der Waals surface area (Å²) in [6, 6.07) is -0.882. The molecule has 0 spiro atoms. The summed E-state index contributed by atoms with van der Waals surface area (Å²) >= 11 is 1.34. The van der Waals surface area contributed by atoms with Gasteiger partial charge in [-0.1, -0.05) is 6.92 Å². The second-order valence-electron chi connectivity index (χ2n) is 5.07. The molecule has 0 aromatic rings. The van der Waals surface area contributed by atoms with Crippen molar-refractivity contribution in [2.45, 2.75) is 25.3 Å². The lowest BCUT2D eigenvalue weighted by Gasteiger charge is -2.49. The van der Waals surface area contributed by atoms with Crippen molar-refractivity contribution in [3.63, 3.8) is 0 Å². The van der Waals surface area contributed by atoms with E-state index in [-0.39, 0.29) is 11.4 Å². The van der Waals surface area contributed by atoms with Gasteiger partial charge in [-0.05, 0) is 12.5 Å². The summed E-state index contributed by atoms with van der Waals surface area (Å²) in [4.78, 5) is 36.2. The lowest BCUT2D eigenvalue weighted by molar-refractivity contribution is -0.150. The van der Waals surface area contributed by atoms with E-state index in [2.05, 4.69) is 5.32 Å². The zero-order valence-electron chi connectivity index (χ0n) is 12.0. The molecule has 2 aliphatic rings. The first-order valence-electron chi connectivity index (χ1n) is 6.55. The van der Waals surface area contributed by atoms with Gasteiger partial charge in [-0.25, -0.2) is 13.2 Å². The number of fused-ring (bicyclic) bond motifs is 1. The highest BCUT2D eigenvalue weighted by atomic mass is 32.2. The summed E-state index contributed by atoms with van der Waals surface area (Å²) in [5.41, 5.74) is 0.529. The molecule has 0 bridgehead atoms. The summed E-state index contributed by atoms with van der Waals surface area (Å²) in [5, 5.41) is 11.1. The third kappa shape index (κ3) is 2.98. The first-order chi connectivity index (χ1) is 10.2. The highest BCUT2D eigenvalue weighted by Gasteiger charge is 2.53. The van der Waals surface area contributed by atoms with E-state index >= 15 is 0 Å². The highest BCUT2D eigenvalue weighted by Crippen LogP contribution is 2.40. The number of carboxylic acids is 1. The molecule has 0 saturated carbocycles. The molecule has 8 nitrogen and oxygen atoms in total. The molecule has 2 amide bonds. The second-order valence-corrected chi connectivity index (χ2v) is 8.52. The minimum Gasteiger partial charge on any atom is -0.477 e. The Morgan fingerprint density at radius 3 is 2.64 bits per heavy atom. The summed E-state index contributed by atoms with van der Waals surface area (Å²) in [6.45, 7) is 3.07.